The van der Waals surface area contributed by atoms with Crippen molar-refractivity contribution in [2.75, 3.05) is 7.11 Å². The molecular formula is C17H24O3. The smallest absolute Gasteiger partial charge is 0.172 e. The van der Waals surface area contributed by atoms with E-state index in [-0.39, 0.29) is 18.0 Å². The van der Waals surface area contributed by atoms with Crippen LogP contribution in [0.4, 0.5) is 0 Å². The maximum atomic E-state index is 12.3. The molecule has 0 aromatic heterocycles. The molecule has 0 fully saturated rings. The van der Waals surface area contributed by atoms with Crippen LogP contribution in [0.3, 0.4) is 0 Å². The Morgan fingerprint density at radius 3 is 2.30 bits per heavy atom. The first-order valence-corrected chi connectivity index (χ1v) is 7.11. The second-order valence-electron chi connectivity index (χ2n) is 5.43. The summed E-state index contributed by atoms with van der Waals surface area (Å²) in [5.74, 6) is -0.284. The number of rotatable bonds is 8. The molecule has 0 spiro atoms. The molecule has 0 N–H and O–H groups in total. The second kappa shape index (κ2) is 7.34. The highest BCUT2D eigenvalue weighted by atomic mass is 16.5. The van der Waals surface area contributed by atoms with Crippen molar-refractivity contribution in [2.24, 2.45) is 0 Å². The predicted molar refractivity (Wildman–Crippen MR) is 80.1 cm³/mol. The van der Waals surface area contributed by atoms with Gasteiger partial charge < -0.3 is 4.74 Å². The minimum atomic E-state index is -0.851. The summed E-state index contributed by atoms with van der Waals surface area (Å²) >= 11 is 0. The van der Waals surface area contributed by atoms with Crippen molar-refractivity contribution in [1.29, 1.82) is 0 Å². The molecule has 0 aliphatic heterocycles. The van der Waals surface area contributed by atoms with Crippen LogP contribution in [-0.4, -0.2) is 24.3 Å². The lowest BCUT2D eigenvalue weighted by Gasteiger charge is -2.26. The van der Waals surface area contributed by atoms with E-state index in [1.807, 2.05) is 19.1 Å². The Bertz CT molecular complexity index is 462. The lowest BCUT2D eigenvalue weighted by molar-refractivity contribution is -0.139. The number of Topliss-reactive ketones (excluding diaryl/α,β-unsaturated/α-hetero) is 2. The average Bonchev–Trinajstić information content (AvgIpc) is 2.45. The Kier molecular flexibility index (Phi) is 6.08. The molecule has 0 saturated heterocycles. The van der Waals surface area contributed by atoms with Gasteiger partial charge in [0.15, 0.2) is 11.6 Å². The van der Waals surface area contributed by atoms with Gasteiger partial charge in [0.25, 0.3) is 0 Å². The molecule has 1 rings (SSSR count). The van der Waals surface area contributed by atoms with Gasteiger partial charge in [0, 0.05) is 12.7 Å². The quantitative estimate of drug-likeness (QED) is 0.536. The number of ether oxygens (including phenoxy) is 1. The number of carbonyl (C=O) groups excluding carboxylic acids is 2. The standard InChI is InChI=1S/C17H24O3/c1-5-6-11-17(3,20-4)16(19)12-15(18)14-9-7-13(2)8-10-14/h7-10H,5-6,11-12H2,1-4H3. The van der Waals surface area contributed by atoms with E-state index >= 15 is 0 Å². The molecule has 1 aromatic carbocycles. The van der Waals surface area contributed by atoms with Crippen LogP contribution in [0.25, 0.3) is 0 Å². The fourth-order valence-electron chi connectivity index (χ4n) is 2.04. The lowest BCUT2D eigenvalue weighted by atomic mass is 9.89. The van der Waals surface area contributed by atoms with Gasteiger partial charge in [-0.25, -0.2) is 0 Å². The van der Waals surface area contributed by atoms with Crippen LogP contribution >= 0.6 is 0 Å². The van der Waals surface area contributed by atoms with Crippen molar-refractivity contribution in [3.05, 3.63) is 35.4 Å². The second-order valence-corrected chi connectivity index (χ2v) is 5.43. The monoisotopic (exact) mass is 276 g/mol. The molecule has 0 aliphatic carbocycles. The van der Waals surface area contributed by atoms with E-state index in [0.717, 1.165) is 18.4 Å². The van der Waals surface area contributed by atoms with Gasteiger partial charge in [0.05, 0.1) is 6.42 Å². The molecule has 20 heavy (non-hydrogen) atoms. The maximum Gasteiger partial charge on any atom is 0.172 e. The molecule has 1 unspecified atom stereocenters. The largest absolute Gasteiger partial charge is 0.371 e. The van der Waals surface area contributed by atoms with E-state index < -0.39 is 5.60 Å². The number of methoxy groups -OCH3 is 1. The zero-order valence-corrected chi connectivity index (χ0v) is 12.9. The van der Waals surface area contributed by atoms with Gasteiger partial charge in [-0.2, -0.15) is 0 Å². The van der Waals surface area contributed by atoms with Crippen LogP contribution in [0.15, 0.2) is 24.3 Å². The van der Waals surface area contributed by atoms with Crippen molar-refractivity contribution in [1.82, 2.24) is 0 Å². The number of aryl methyl sites for hydroxylation is 1. The molecule has 3 heteroatoms. The van der Waals surface area contributed by atoms with Gasteiger partial charge in [0.2, 0.25) is 0 Å². The van der Waals surface area contributed by atoms with Gasteiger partial charge in [-0.1, -0.05) is 49.6 Å². The Morgan fingerprint density at radius 2 is 1.80 bits per heavy atom. The van der Waals surface area contributed by atoms with Crippen molar-refractivity contribution >= 4 is 11.6 Å². The fourth-order valence-corrected chi connectivity index (χ4v) is 2.04. The normalized spacial score (nSPS) is 13.8. The molecule has 0 bridgehead atoms. The van der Waals surface area contributed by atoms with Crippen molar-refractivity contribution in [3.63, 3.8) is 0 Å². The summed E-state index contributed by atoms with van der Waals surface area (Å²) in [6.07, 6.45) is 2.46. The third kappa shape index (κ3) is 4.27. The predicted octanol–water partition coefficient (Wildman–Crippen LogP) is 3.73. The molecule has 1 atom stereocenters. The van der Waals surface area contributed by atoms with E-state index in [2.05, 4.69) is 6.92 Å². The van der Waals surface area contributed by atoms with Gasteiger partial charge in [-0.05, 0) is 20.3 Å². The maximum absolute atomic E-state index is 12.3. The van der Waals surface area contributed by atoms with E-state index in [9.17, 15) is 9.59 Å². The lowest BCUT2D eigenvalue weighted by Crippen LogP contribution is -2.38. The third-order valence-electron chi connectivity index (χ3n) is 3.74. The molecule has 110 valence electrons. The molecule has 0 radical (unpaired) electrons. The van der Waals surface area contributed by atoms with E-state index in [1.54, 1.807) is 19.1 Å². The third-order valence-corrected chi connectivity index (χ3v) is 3.74. The Balaban J connectivity index is 2.73. The molecule has 3 nitrogen and oxygen atoms in total. The summed E-state index contributed by atoms with van der Waals surface area (Å²) in [5, 5.41) is 0. The minimum Gasteiger partial charge on any atom is -0.371 e. The van der Waals surface area contributed by atoms with Gasteiger partial charge in [0.1, 0.15) is 5.60 Å². The molecule has 1 aromatic rings. The van der Waals surface area contributed by atoms with Crippen molar-refractivity contribution in [3.8, 4) is 0 Å². The number of hydrogen-bond acceptors (Lipinski definition) is 3. The highest BCUT2D eigenvalue weighted by molar-refractivity contribution is 6.10. The number of unbranched alkanes of at least 4 members (excludes halogenated alkanes) is 1. The van der Waals surface area contributed by atoms with Gasteiger partial charge in [-0.15, -0.1) is 0 Å². The number of carbonyl (C=O) groups is 2. The zero-order chi connectivity index (χ0) is 15.2. The first-order valence-electron chi connectivity index (χ1n) is 7.11. The highest BCUT2D eigenvalue weighted by Gasteiger charge is 2.33. The first-order chi connectivity index (χ1) is 9.42. The summed E-state index contributed by atoms with van der Waals surface area (Å²) in [6.45, 7) is 5.80. The first kappa shape index (κ1) is 16.6. The van der Waals surface area contributed by atoms with E-state index in [1.165, 1.54) is 7.11 Å². The average molecular weight is 276 g/mol. The zero-order valence-electron chi connectivity index (χ0n) is 12.9. The van der Waals surface area contributed by atoms with Crippen LogP contribution in [0.2, 0.25) is 0 Å². The van der Waals surface area contributed by atoms with Crippen molar-refractivity contribution < 1.29 is 14.3 Å². The van der Waals surface area contributed by atoms with Crippen LogP contribution in [-0.2, 0) is 9.53 Å². The summed E-state index contributed by atoms with van der Waals surface area (Å²) in [6, 6.07) is 7.29. The molecule has 0 amide bonds. The van der Waals surface area contributed by atoms with Crippen LogP contribution in [0.1, 0.15) is 55.5 Å². The topological polar surface area (TPSA) is 43.4 Å². The molecule has 0 aliphatic rings. The summed E-state index contributed by atoms with van der Waals surface area (Å²) in [5.41, 5.74) is 0.826. The van der Waals surface area contributed by atoms with Crippen LogP contribution in [0.5, 0.6) is 0 Å². The Hall–Kier alpha value is -1.48. The summed E-state index contributed by atoms with van der Waals surface area (Å²) < 4.78 is 5.36. The Morgan fingerprint density at radius 1 is 1.20 bits per heavy atom. The van der Waals surface area contributed by atoms with E-state index in [0.29, 0.717) is 12.0 Å². The number of ketones is 2. The van der Waals surface area contributed by atoms with Gasteiger partial charge in [-0.3, -0.25) is 9.59 Å². The van der Waals surface area contributed by atoms with Crippen LogP contribution < -0.4 is 0 Å². The molecule has 0 saturated carbocycles. The van der Waals surface area contributed by atoms with E-state index in [4.69, 9.17) is 4.74 Å². The van der Waals surface area contributed by atoms with Crippen molar-refractivity contribution in [2.45, 2.75) is 52.1 Å². The number of hydrogen-bond donors (Lipinski definition) is 0. The fraction of sp³-hybridized carbons (Fsp3) is 0.529. The highest BCUT2D eigenvalue weighted by Crippen LogP contribution is 2.22. The SMILES string of the molecule is CCCCC(C)(OC)C(=O)CC(=O)c1ccc(C)cc1. The summed E-state index contributed by atoms with van der Waals surface area (Å²) in [4.78, 5) is 24.4. The molecular weight excluding hydrogens is 252 g/mol. The number of benzene rings is 1. The van der Waals surface area contributed by atoms with Crippen LogP contribution in [0, 0.1) is 6.92 Å². The minimum absolute atomic E-state index is 0.100. The van der Waals surface area contributed by atoms with Gasteiger partial charge >= 0.3 is 0 Å². The molecule has 0 heterocycles. The summed E-state index contributed by atoms with van der Waals surface area (Å²) in [7, 11) is 1.53. The Labute approximate surface area is 121 Å².